The van der Waals surface area contributed by atoms with Crippen LogP contribution in [0.5, 0.6) is 0 Å². The second-order valence-corrected chi connectivity index (χ2v) is 10.1. The Morgan fingerprint density at radius 3 is 2.59 bits per heavy atom. The Morgan fingerprint density at radius 1 is 1.15 bits per heavy atom. The fraction of sp³-hybridized carbons (Fsp3) is 0.370. The number of likely N-dealkylation sites (N-methyl/N-ethyl adjacent to an activating group) is 1. The van der Waals surface area contributed by atoms with Crippen LogP contribution in [-0.2, 0) is 20.2 Å². The van der Waals surface area contributed by atoms with Crippen molar-refractivity contribution in [2.24, 2.45) is 10.1 Å². The van der Waals surface area contributed by atoms with E-state index in [1.807, 2.05) is 57.2 Å². The van der Waals surface area contributed by atoms with Crippen molar-refractivity contribution >= 4 is 45.7 Å². The molecular weight excluding hydrogens is 516 g/mol. The van der Waals surface area contributed by atoms with E-state index >= 15 is 0 Å². The van der Waals surface area contributed by atoms with Gasteiger partial charge in [-0.1, -0.05) is 6.92 Å². The van der Waals surface area contributed by atoms with Gasteiger partial charge in [-0.25, -0.2) is 18.9 Å². The van der Waals surface area contributed by atoms with Gasteiger partial charge in [0.15, 0.2) is 5.82 Å². The summed E-state index contributed by atoms with van der Waals surface area (Å²) in [5.41, 5.74) is 5.86. The molecule has 3 aromatic rings. The molecule has 1 amide bonds. The van der Waals surface area contributed by atoms with E-state index in [0.29, 0.717) is 36.9 Å². The second kappa shape index (κ2) is 12.9. The summed E-state index contributed by atoms with van der Waals surface area (Å²) in [5.74, 6) is 1.12. The standard InChI is InChI=1S/C27H34N8O3S/c1-6-8-24(36)29-21-11-9-20(10-12-21)26-31-27-25(19(4)32-35(27)33-26)30-23-14-13-22(17-18(23)3)34(7-2)16-15-28-39(37)38-5/h9-14,17,28H,6-8,15-16H2,1-5H3,(H,29,36). The zero-order valence-corrected chi connectivity index (χ0v) is 23.7. The van der Waals surface area contributed by atoms with Crippen molar-refractivity contribution in [2.45, 2.75) is 40.5 Å². The van der Waals surface area contributed by atoms with E-state index in [0.717, 1.165) is 46.9 Å². The zero-order valence-electron chi connectivity index (χ0n) is 22.9. The van der Waals surface area contributed by atoms with Gasteiger partial charge in [0.25, 0.3) is 0 Å². The van der Waals surface area contributed by atoms with Gasteiger partial charge in [0.1, 0.15) is 5.71 Å². The molecule has 2 aromatic carbocycles. The highest BCUT2D eigenvalue weighted by Crippen LogP contribution is 2.27. The molecule has 0 spiro atoms. The maximum Gasteiger partial charge on any atom is 0.234 e. The van der Waals surface area contributed by atoms with Crippen LogP contribution >= 0.6 is 0 Å². The number of fused-ring (bicyclic) bond motifs is 1. The van der Waals surface area contributed by atoms with Gasteiger partial charge < -0.3 is 10.2 Å². The first-order chi connectivity index (χ1) is 18.8. The number of nitrogens with one attached hydrogen (secondary N) is 2. The lowest BCUT2D eigenvalue weighted by atomic mass is 10.1. The minimum absolute atomic E-state index is 0.00231. The number of carbonyl (C=O) groups excluding carboxylic acids is 1. The molecule has 1 aliphatic heterocycles. The Labute approximate surface area is 231 Å². The molecule has 0 radical (unpaired) electrons. The highest BCUT2D eigenvalue weighted by molar-refractivity contribution is 7.78. The molecule has 0 saturated carbocycles. The Balaban J connectivity index is 1.51. The molecule has 0 bridgehead atoms. The lowest BCUT2D eigenvalue weighted by Crippen LogP contribution is -2.33. The minimum Gasteiger partial charge on any atom is -0.370 e. The first kappa shape index (κ1) is 28.3. The lowest BCUT2D eigenvalue weighted by molar-refractivity contribution is -0.116. The smallest absolute Gasteiger partial charge is 0.234 e. The number of carbonyl (C=O) groups is 1. The molecule has 206 valence electrons. The third kappa shape index (κ3) is 6.83. The summed E-state index contributed by atoms with van der Waals surface area (Å²) in [4.78, 5) is 25.2. The van der Waals surface area contributed by atoms with Crippen LogP contribution < -0.4 is 14.9 Å². The van der Waals surface area contributed by atoms with Crippen LogP contribution in [0.4, 0.5) is 17.1 Å². The number of nitrogens with zero attached hydrogens (tertiary/aromatic N) is 6. The van der Waals surface area contributed by atoms with Gasteiger partial charge in [0.05, 0.1) is 18.5 Å². The van der Waals surface area contributed by atoms with Gasteiger partial charge in [-0.05, 0) is 75.2 Å². The average Bonchev–Trinajstić information content (AvgIpc) is 3.46. The number of rotatable bonds is 12. The number of amides is 1. The topological polar surface area (TPSA) is 126 Å². The molecule has 1 aromatic heterocycles. The Hall–Kier alpha value is -3.74. The van der Waals surface area contributed by atoms with Gasteiger partial charge in [-0.2, -0.15) is 5.10 Å². The third-order valence-corrected chi connectivity index (χ3v) is 6.95. The molecule has 12 heteroatoms. The van der Waals surface area contributed by atoms with Crippen LogP contribution in [0.3, 0.4) is 0 Å². The summed E-state index contributed by atoms with van der Waals surface area (Å²) in [5, 5.41) is 12.0. The Kier molecular flexibility index (Phi) is 9.33. The summed E-state index contributed by atoms with van der Waals surface area (Å²) in [7, 11) is 1.40. The maximum absolute atomic E-state index is 11.9. The molecule has 0 aliphatic carbocycles. The lowest BCUT2D eigenvalue weighted by Gasteiger charge is -2.23. The summed E-state index contributed by atoms with van der Waals surface area (Å²) in [6.07, 6.45) is 1.29. The predicted molar refractivity (Wildman–Crippen MR) is 156 cm³/mol. The van der Waals surface area contributed by atoms with E-state index in [4.69, 9.17) is 14.2 Å². The molecule has 1 atom stereocenters. The van der Waals surface area contributed by atoms with E-state index in [1.54, 1.807) is 0 Å². The number of benzene rings is 2. The Morgan fingerprint density at radius 2 is 1.92 bits per heavy atom. The predicted octanol–water partition coefficient (Wildman–Crippen LogP) is 3.99. The summed E-state index contributed by atoms with van der Waals surface area (Å²) in [6.45, 7) is 9.98. The van der Waals surface area contributed by atoms with Crippen LogP contribution in [0.2, 0.25) is 0 Å². The van der Waals surface area contributed by atoms with Crippen LogP contribution in [0.15, 0.2) is 52.6 Å². The number of anilines is 2. The van der Waals surface area contributed by atoms with Crippen LogP contribution in [0, 0.1) is 6.92 Å². The molecule has 4 rings (SSSR count). The van der Waals surface area contributed by atoms with Gasteiger partial charge in [0, 0.05) is 43.0 Å². The molecule has 0 fully saturated rings. The van der Waals surface area contributed by atoms with E-state index in [-0.39, 0.29) is 5.91 Å². The molecule has 39 heavy (non-hydrogen) atoms. The van der Waals surface area contributed by atoms with E-state index in [1.165, 1.54) is 11.9 Å². The molecular formula is C27H34N8O3S. The number of aliphatic imine (C=N–C) groups is 1. The van der Waals surface area contributed by atoms with Gasteiger partial charge in [0.2, 0.25) is 23.0 Å². The van der Waals surface area contributed by atoms with E-state index < -0.39 is 11.3 Å². The Bertz CT molecular complexity index is 1410. The molecule has 1 unspecified atom stereocenters. The number of aromatic nitrogens is 3. The van der Waals surface area contributed by atoms with Crippen molar-refractivity contribution in [1.82, 2.24) is 19.6 Å². The molecule has 11 nitrogen and oxygen atoms in total. The van der Waals surface area contributed by atoms with Crippen LogP contribution in [0.25, 0.3) is 11.4 Å². The highest BCUT2D eigenvalue weighted by Gasteiger charge is 2.25. The largest absolute Gasteiger partial charge is 0.370 e. The summed E-state index contributed by atoms with van der Waals surface area (Å²) < 4.78 is 19.0. The fourth-order valence-corrected chi connectivity index (χ4v) is 4.53. The zero-order chi connectivity index (χ0) is 27.9. The molecule has 2 N–H and O–H groups in total. The minimum atomic E-state index is -1.48. The highest BCUT2D eigenvalue weighted by atomic mass is 32.2. The van der Waals surface area contributed by atoms with Crippen molar-refractivity contribution in [3.8, 4) is 11.4 Å². The van der Waals surface area contributed by atoms with Crippen molar-refractivity contribution in [3.63, 3.8) is 0 Å². The number of hydrogen-bond donors (Lipinski definition) is 2. The van der Waals surface area contributed by atoms with Crippen LogP contribution in [0.1, 0.15) is 45.0 Å². The van der Waals surface area contributed by atoms with Crippen LogP contribution in [-0.4, -0.2) is 63.2 Å². The number of aryl methyl sites for hydroxylation is 1. The van der Waals surface area contributed by atoms with Gasteiger partial charge in [-0.15, -0.1) is 9.89 Å². The van der Waals surface area contributed by atoms with Crippen molar-refractivity contribution < 1.29 is 13.2 Å². The van der Waals surface area contributed by atoms with Crippen molar-refractivity contribution in [2.75, 3.05) is 37.0 Å². The number of hydrogen-bond acceptors (Lipinski definition) is 8. The summed E-state index contributed by atoms with van der Waals surface area (Å²) in [6, 6.07) is 13.6. The van der Waals surface area contributed by atoms with E-state index in [2.05, 4.69) is 38.1 Å². The second-order valence-electron chi connectivity index (χ2n) is 9.02. The average molecular weight is 551 g/mol. The summed E-state index contributed by atoms with van der Waals surface area (Å²) >= 11 is -1.48. The monoisotopic (exact) mass is 550 g/mol. The van der Waals surface area contributed by atoms with Gasteiger partial charge in [-0.3, -0.25) is 8.98 Å². The fourth-order valence-electron chi connectivity index (χ4n) is 4.15. The normalized spacial score (nSPS) is 14.3. The first-order valence-corrected chi connectivity index (χ1v) is 14.0. The quantitative estimate of drug-likeness (QED) is 0.351. The van der Waals surface area contributed by atoms with Crippen molar-refractivity contribution in [1.29, 1.82) is 0 Å². The first-order valence-electron chi connectivity index (χ1n) is 12.9. The SMILES string of the molecule is CCCC(=O)Nc1ccc(-c2nc3n(n2)N=C(C)C3=Nc2ccc(N(CC)CCNS(=O)OC)cc2C)cc1. The van der Waals surface area contributed by atoms with Crippen molar-refractivity contribution in [3.05, 3.63) is 53.9 Å². The molecule has 2 heterocycles. The van der Waals surface area contributed by atoms with Gasteiger partial charge >= 0.3 is 0 Å². The van der Waals surface area contributed by atoms with E-state index in [9.17, 15) is 9.00 Å². The molecule has 1 aliphatic rings. The maximum atomic E-state index is 11.9. The molecule has 0 saturated heterocycles. The third-order valence-electron chi connectivity index (χ3n) is 6.21.